The van der Waals surface area contributed by atoms with Gasteiger partial charge in [-0.05, 0) is 31.2 Å². The van der Waals surface area contributed by atoms with Crippen molar-refractivity contribution in [2.75, 3.05) is 5.73 Å². The Balaban J connectivity index is 1.70. The first-order valence-corrected chi connectivity index (χ1v) is 7.98. The van der Waals surface area contributed by atoms with Crippen LogP contribution >= 0.6 is 23.1 Å². The highest BCUT2D eigenvalue weighted by molar-refractivity contribution is 8.00. The number of aryl methyl sites for hydroxylation is 1. The van der Waals surface area contributed by atoms with Crippen LogP contribution in [-0.4, -0.2) is 9.97 Å². The summed E-state index contributed by atoms with van der Waals surface area (Å²) in [4.78, 5) is 8.59. The molecule has 0 spiro atoms. The summed E-state index contributed by atoms with van der Waals surface area (Å²) >= 11 is 3.09. The van der Waals surface area contributed by atoms with E-state index < -0.39 is 0 Å². The molecule has 0 aliphatic rings. The van der Waals surface area contributed by atoms with E-state index in [2.05, 4.69) is 9.97 Å². The normalized spacial score (nSPS) is 11.0. The number of hydrogen-bond acceptors (Lipinski definition) is 6. The first-order valence-electron chi connectivity index (χ1n) is 6.18. The molecule has 0 fully saturated rings. The van der Waals surface area contributed by atoms with Gasteiger partial charge in [0.25, 0.3) is 0 Å². The van der Waals surface area contributed by atoms with Gasteiger partial charge in [-0.15, -0.1) is 11.8 Å². The molecule has 0 aliphatic heterocycles. The standard InChI is InChI=1S/C14H12FN3OS2/c1-8-13(21-14(16)17-8)20-7-11-6-19-12(18-11)9-2-4-10(15)5-3-9/h2-6H,7H2,1H3,(H2,16,17). The number of halogens is 1. The zero-order chi connectivity index (χ0) is 14.8. The second-order valence-electron chi connectivity index (χ2n) is 4.36. The summed E-state index contributed by atoms with van der Waals surface area (Å²) in [5.41, 5.74) is 8.19. The molecule has 0 unspecified atom stereocenters. The van der Waals surface area contributed by atoms with E-state index in [1.807, 2.05) is 6.92 Å². The Morgan fingerprint density at radius 1 is 1.29 bits per heavy atom. The molecule has 0 radical (unpaired) electrons. The van der Waals surface area contributed by atoms with Crippen molar-refractivity contribution < 1.29 is 8.81 Å². The average molecular weight is 321 g/mol. The molecular weight excluding hydrogens is 309 g/mol. The Bertz CT molecular complexity index is 752. The van der Waals surface area contributed by atoms with Crippen molar-refractivity contribution in [1.29, 1.82) is 0 Å². The number of nitrogens with zero attached hydrogens (tertiary/aromatic N) is 2. The summed E-state index contributed by atoms with van der Waals surface area (Å²) in [6, 6.07) is 6.06. The maximum atomic E-state index is 12.9. The Labute approximate surface area is 129 Å². The summed E-state index contributed by atoms with van der Waals surface area (Å²) in [6.07, 6.45) is 1.62. The van der Waals surface area contributed by atoms with Gasteiger partial charge in [-0.25, -0.2) is 14.4 Å². The maximum Gasteiger partial charge on any atom is 0.226 e. The van der Waals surface area contributed by atoms with Gasteiger partial charge >= 0.3 is 0 Å². The fraction of sp³-hybridized carbons (Fsp3) is 0.143. The third kappa shape index (κ3) is 3.25. The number of anilines is 1. The maximum absolute atomic E-state index is 12.9. The van der Waals surface area contributed by atoms with Crippen molar-refractivity contribution in [3.05, 3.63) is 47.7 Å². The van der Waals surface area contributed by atoms with E-state index in [1.165, 1.54) is 23.5 Å². The van der Waals surface area contributed by atoms with Gasteiger partial charge < -0.3 is 10.2 Å². The number of thiazole rings is 1. The summed E-state index contributed by atoms with van der Waals surface area (Å²) in [6.45, 7) is 1.93. The van der Waals surface area contributed by atoms with E-state index in [9.17, 15) is 4.39 Å². The molecule has 7 heteroatoms. The summed E-state index contributed by atoms with van der Waals surface area (Å²) < 4.78 is 19.4. The highest BCUT2D eigenvalue weighted by Gasteiger charge is 2.10. The second-order valence-corrected chi connectivity index (χ2v) is 6.64. The zero-order valence-electron chi connectivity index (χ0n) is 11.2. The third-order valence-electron chi connectivity index (χ3n) is 2.76. The van der Waals surface area contributed by atoms with Gasteiger partial charge in [0.05, 0.1) is 15.6 Å². The number of benzene rings is 1. The van der Waals surface area contributed by atoms with Gasteiger partial charge in [0.1, 0.15) is 12.1 Å². The number of hydrogen-bond donors (Lipinski definition) is 1. The van der Waals surface area contributed by atoms with E-state index in [0.717, 1.165) is 21.2 Å². The van der Waals surface area contributed by atoms with Crippen LogP contribution in [0.15, 0.2) is 39.2 Å². The molecule has 4 nitrogen and oxygen atoms in total. The van der Waals surface area contributed by atoms with Crippen LogP contribution in [0.25, 0.3) is 11.5 Å². The Kier molecular flexibility index (Phi) is 3.94. The monoisotopic (exact) mass is 321 g/mol. The minimum atomic E-state index is -0.278. The molecule has 0 atom stereocenters. The van der Waals surface area contributed by atoms with E-state index in [0.29, 0.717) is 16.8 Å². The lowest BCUT2D eigenvalue weighted by Crippen LogP contribution is -1.83. The molecular formula is C14H12FN3OS2. The van der Waals surface area contributed by atoms with Crippen molar-refractivity contribution in [3.8, 4) is 11.5 Å². The first-order chi connectivity index (χ1) is 10.1. The first kappa shape index (κ1) is 14.1. The molecule has 108 valence electrons. The molecule has 0 amide bonds. The van der Waals surface area contributed by atoms with E-state index in [-0.39, 0.29) is 5.82 Å². The van der Waals surface area contributed by atoms with Gasteiger partial charge in [-0.2, -0.15) is 0 Å². The Morgan fingerprint density at radius 3 is 2.71 bits per heavy atom. The van der Waals surface area contributed by atoms with Crippen LogP contribution in [0.4, 0.5) is 9.52 Å². The SMILES string of the molecule is Cc1nc(N)sc1SCc1coc(-c2ccc(F)cc2)n1. The van der Waals surface area contributed by atoms with Gasteiger partial charge in [-0.3, -0.25) is 0 Å². The Hall–Kier alpha value is -1.86. The molecule has 0 aliphatic carbocycles. The number of aromatic nitrogens is 2. The highest BCUT2D eigenvalue weighted by atomic mass is 32.2. The lowest BCUT2D eigenvalue weighted by Gasteiger charge is -1.95. The van der Waals surface area contributed by atoms with Crippen LogP contribution in [0.3, 0.4) is 0 Å². The lowest BCUT2D eigenvalue weighted by molar-refractivity contribution is 0.573. The fourth-order valence-corrected chi connectivity index (χ4v) is 3.67. The van der Waals surface area contributed by atoms with Crippen LogP contribution in [0, 0.1) is 12.7 Å². The number of thioether (sulfide) groups is 1. The van der Waals surface area contributed by atoms with Gasteiger partial charge in [0, 0.05) is 11.3 Å². The predicted molar refractivity (Wildman–Crippen MR) is 82.7 cm³/mol. The van der Waals surface area contributed by atoms with Gasteiger partial charge in [0.15, 0.2) is 5.13 Å². The average Bonchev–Trinajstić information content (AvgIpc) is 3.04. The van der Waals surface area contributed by atoms with Crippen LogP contribution in [0.1, 0.15) is 11.4 Å². The van der Waals surface area contributed by atoms with E-state index in [4.69, 9.17) is 10.2 Å². The van der Waals surface area contributed by atoms with Gasteiger partial charge in [-0.1, -0.05) is 11.3 Å². The van der Waals surface area contributed by atoms with Crippen molar-refractivity contribution in [1.82, 2.24) is 9.97 Å². The van der Waals surface area contributed by atoms with Crippen LogP contribution in [-0.2, 0) is 5.75 Å². The van der Waals surface area contributed by atoms with Crippen molar-refractivity contribution in [2.24, 2.45) is 0 Å². The molecule has 2 N–H and O–H groups in total. The van der Waals surface area contributed by atoms with E-state index in [1.54, 1.807) is 30.2 Å². The van der Waals surface area contributed by atoms with Crippen molar-refractivity contribution >= 4 is 28.2 Å². The fourth-order valence-electron chi connectivity index (χ4n) is 1.77. The number of nitrogens with two attached hydrogens (primary N) is 1. The second kappa shape index (κ2) is 5.87. The predicted octanol–water partition coefficient (Wildman–Crippen LogP) is 4.12. The van der Waals surface area contributed by atoms with Crippen molar-refractivity contribution in [2.45, 2.75) is 16.9 Å². The topological polar surface area (TPSA) is 64.9 Å². The smallest absolute Gasteiger partial charge is 0.226 e. The van der Waals surface area contributed by atoms with Crippen LogP contribution in [0.5, 0.6) is 0 Å². The number of oxazole rings is 1. The quantitative estimate of drug-likeness (QED) is 0.732. The summed E-state index contributed by atoms with van der Waals surface area (Å²) in [7, 11) is 0. The van der Waals surface area contributed by atoms with Crippen molar-refractivity contribution in [3.63, 3.8) is 0 Å². The molecule has 3 aromatic rings. The number of nitrogen functional groups attached to an aromatic ring is 1. The molecule has 21 heavy (non-hydrogen) atoms. The molecule has 1 aromatic carbocycles. The molecule has 0 saturated heterocycles. The number of rotatable bonds is 4. The molecule has 2 heterocycles. The summed E-state index contributed by atoms with van der Waals surface area (Å²) in [5.74, 6) is 0.887. The summed E-state index contributed by atoms with van der Waals surface area (Å²) in [5, 5.41) is 0.571. The molecule has 0 bridgehead atoms. The molecule has 3 rings (SSSR count). The largest absolute Gasteiger partial charge is 0.444 e. The Morgan fingerprint density at radius 2 is 2.05 bits per heavy atom. The minimum absolute atomic E-state index is 0.278. The molecule has 2 aromatic heterocycles. The zero-order valence-corrected chi connectivity index (χ0v) is 12.8. The van der Waals surface area contributed by atoms with Gasteiger partial charge in [0.2, 0.25) is 5.89 Å². The highest BCUT2D eigenvalue weighted by Crippen LogP contribution is 2.33. The molecule has 0 saturated carbocycles. The lowest BCUT2D eigenvalue weighted by atomic mass is 10.2. The third-order valence-corrected chi connectivity index (χ3v) is 5.15. The van der Waals surface area contributed by atoms with Crippen LogP contribution in [0.2, 0.25) is 0 Å². The van der Waals surface area contributed by atoms with Crippen LogP contribution < -0.4 is 5.73 Å². The minimum Gasteiger partial charge on any atom is -0.444 e. The van der Waals surface area contributed by atoms with E-state index >= 15 is 0 Å².